The number of nitrogen functional groups attached to an aromatic ring is 2. The van der Waals surface area contributed by atoms with Gasteiger partial charge in [-0.1, -0.05) is 18.2 Å². The van der Waals surface area contributed by atoms with Gasteiger partial charge in [0.25, 0.3) is 0 Å². The summed E-state index contributed by atoms with van der Waals surface area (Å²) in [7, 11) is 0. The molecular formula is C20H19FN8O2. The molecule has 10 nitrogen and oxygen atoms in total. The molecule has 4 aromatic rings. The second-order valence-electron chi connectivity index (χ2n) is 6.87. The molecule has 4 rings (SSSR count). The Morgan fingerprint density at radius 1 is 1.19 bits per heavy atom. The predicted molar refractivity (Wildman–Crippen MR) is 112 cm³/mol. The Morgan fingerprint density at radius 3 is 2.58 bits per heavy atom. The highest BCUT2D eigenvalue weighted by Gasteiger charge is 2.22. The van der Waals surface area contributed by atoms with Crippen molar-refractivity contribution in [3.8, 4) is 11.5 Å². The molecule has 0 bridgehead atoms. The maximum Gasteiger partial charge on any atom is 0.405 e. The molecule has 1 atom stereocenters. The molecule has 1 amide bonds. The first-order chi connectivity index (χ1) is 14.8. The zero-order valence-corrected chi connectivity index (χ0v) is 16.5. The molecule has 0 fully saturated rings. The van der Waals surface area contributed by atoms with Gasteiger partial charge in [-0.2, -0.15) is 5.10 Å². The largest absolute Gasteiger partial charge is 0.465 e. The minimum atomic E-state index is -1.22. The van der Waals surface area contributed by atoms with Gasteiger partial charge in [-0.15, -0.1) is 0 Å². The zero-order valence-electron chi connectivity index (χ0n) is 16.5. The summed E-state index contributed by atoms with van der Waals surface area (Å²) >= 11 is 0. The van der Waals surface area contributed by atoms with Crippen LogP contribution in [0.1, 0.15) is 24.1 Å². The number of fused-ring (bicyclic) bond motifs is 1. The Kier molecular flexibility index (Phi) is 5.07. The average Bonchev–Trinajstić information content (AvgIpc) is 3.07. The summed E-state index contributed by atoms with van der Waals surface area (Å²) in [4.78, 5) is 23.9. The van der Waals surface area contributed by atoms with Crippen molar-refractivity contribution < 1.29 is 14.3 Å². The summed E-state index contributed by atoms with van der Waals surface area (Å²) in [6.45, 7) is 1.74. The zero-order chi connectivity index (χ0) is 22.1. The molecule has 0 aliphatic rings. The number of hydrogen-bond donors (Lipinski definition) is 4. The van der Waals surface area contributed by atoms with Crippen molar-refractivity contribution in [2.24, 2.45) is 0 Å². The Labute approximate surface area is 175 Å². The second-order valence-corrected chi connectivity index (χ2v) is 6.87. The number of aromatic nitrogens is 5. The summed E-state index contributed by atoms with van der Waals surface area (Å²) < 4.78 is 15.7. The monoisotopic (exact) mass is 422 g/mol. The third-order valence-electron chi connectivity index (χ3n) is 4.77. The maximum absolute atomic E-state index is 14.2. The van der Waals surface area contributed by atoms with Gasteiger partial charge in [-0.3, -0.25) is 0 Å². The normalized spacial score (nSPS) is 12.1. The third kappa shape index (κ3) is 3.80. The molecule has 0 aliphatic carbocycles. The molecule has 0 saturated heterocycles. The molecule has 6 N–H and O–H groups in total. The lowest BCUT2D eigenvalue weighted by Crippen LogP contribution is -2.26. The minimum absolute atomic E-state index is 0.0319. The van der Waals surface area contributed by atoms with E-state index in [4.69, 9.17) is 16.6 Å². The molecule has 11 heteroatoms. The lowest BCUT2D eigenvalue weighted by Gasteiger charge is -2.16. The van der Waals surface area contributed by atoms with Crippen LogP contribution < -0.4 is 16.8 Å². The fourth-order valence-electron chi connectivity index (χ4n) is 3.38. The van der Waals surface area contributed by atoms with E-state index in [-0.39, 0.29) is 35.4 Å². The number of rotatable bonds is 5. The molecule has 3 aromatic heterocycles. The fourth-order valence-corrected chi connectivity index (χ4v) is 3.38. The van der Waals surface area contributed by atoms with Crippen molar-refractivity contribution >= 4 is 28.8 Å². The van der Waals surface area contributed by atoms with Gasteiger partial charge in [-0.05, 0) is 25.1 Å². The van der Waals surface area contributed by atoms with Crippen molar-refractivity contribution in [2.45, 2.75) is 19.5 Å². The van der Waals surface area contributed by atoms with E-state index >= 15 is 0 Å². The fraction of sp³-hybridized carbons (Fsp3) is 0.150. The summed E-state index contributed by atoms with van der Waals surface area (Å²) in [6.07, 6.45) is 0.386. The Balaban J connectivity index is 1.80. The summed E-state index contributed by atoms with van der Waals surface area (Å²) in [5, 5.41) is 16.4. The number of benzene rings is 1. The number of nitrogens with zero attached hydrogens (tertiary/aromatic N) is 5. The molecule has 158 valence electrons. The molecule has 31 heavy (non-hydrogen) atoms. The first kappa shape index (κ1) is 20.0. The third-order valence-corrected chi connectivity index (χ3v) is 4.77. The van der Waals surface area contributed by atoms with Crippen LogP contribution >= 0.6 is 0 Å². The van der Waals surface area contributed by atoms with Gasteiger partial charge in [0.1, 0.15) is 23.1 Å². The van der Waals surface area contributed by atoms with Crippen molar-refractivity contribution in [3.05, 3.63) is 59.5 Å². The van der Waals surface area contributed by atoms with Crippen LogP contribution in [0.2, 0.25) is 0 Å². The quantitative estimate of drug-likeness (QED) is 0.382. The number of nitrogens with two attached hydrogens (primary N) is 2. The van der Waals surface area contributed by atoms with Gasteiger partial charge in [0.2, 0.25) is 0 Å². The van der Waals surface area contributed by atoms with Gasteiger partial charge in [0.15, 0.2) is 11.5 Å². The first-order valence-electron chi connectivity index (χ1n) is 9.32. The standard InChI is InChI=1S/C20H19FN8O2/c1-10(25-20(30)31)14-16(22)26-18(27-17(14)23)15-12-6-4-8-24-19(12)29(28-15)9-11-5-2-3-7-13(11)21/h2-8,10,25H,9H2,1H3,(H,30,31)(H4,22,23,26,27). The van der Waals surface area contributed by atoms with Gasteiger partial charge >= 0.3 is 6.09 Å². The van der Waals surface area contributed by atoms with E-state index in [1.807, 2.05) is 0 Å². The molecule has 0 spiro atoms. The van der Waals surface area contributed by atoms with E-state index in [2.05, 4.69) is 25.4 Å². The van der Waals surface area contributed by atoms with Crippen molar-refractivity contribution in [1.29, 1.82) is 0 Å². The smallest absolute Gasteiger partial charge is 0.405 e. The summed E-state index contributed by atoms with van der Waals surface area (Å²) in [5.74, 6) is -0.127. The van der Waals surface area contributed by atoms with Crippen LogP contribution in [-0.4, -0.2) is 35.9 Å². The number of carboxylic acid groups (broad SMARTS) is 1. The van der Waals surface area contributed by atoms with Gasteiger partial charge in [-0.25, -0.2) is 28.8 Å². The van der Waals surface area contributed by atoms with E-state index in [0.717, 1.165) is 0 Å². The number of halogens is 1. The molecule has 1 unspecified atom stereocenters. The van der Waals surface area contributed by atoms with Gasteiger partial charge in [0.05, 0.1) is 23.5 Å². The number of hydrogen-bond acceptors (Lipinski definition) is 7. The Hall–Kier alpha value is -4.28. The molecule has 0 radical (unpaired) electrons. The number of carbonyl (C=O) groups is 1. The van der Waals surface area contributed by atoms with Crippen molar-refractivity contribution in [2.75, 3.05) is 11.5 Å². The first-order valence-corrected chi connectivity index (χ1v) is 9.32. The van der Waals surface area contributed by atoms with Crippen LogP contribution in [0.4, 0.5) is 20.8 Å². The van der Waals surface area contributed by atoms with Gasteiger partial charge in [0, 0.05) is 11.8 Å². The molecule has 0 saturated carbocycles. The summed E-state index contributed by atoms with van der Waals surface area (Å²) in [6, 6.07) is 9.23. The number of anilines is 2. The molecule has 3 heterocycles. The predicted octanol–water partition coefficient (Wildman–Crippen LogP) is 2.57. The van der Waals surface area contributed by atoms with E-state index in [9.17, 15) is 9.18 Å². The number of nitrogens with one attached hydrogen (secondary N) is 1. The maximum atomic E-state index is 14.2. The van der Waals surface area contributed by atoms with Crippen LogP contribution in [0.3, 0.4) is 0 Å². The van der Waals surface area contributed by atoms with Crippen LogP contribution in [0, 0.1) is 5.82 Å². The topological polar surface area (TPSA) is 158 Å². The second kappa shape index (κ2) is 7.86. The van der Waals surface area contributed by atoms with Crippen LogP contribution in [0.5, 0.6) is 0 Å². The highest BCUT2D eigenvalue weighted by molar-refractivity contribution is 5.89. The van der Waals surface area contributed by atoms with Crippen LogP contribution in [0.15, 0.2) is 42.6 Å². The van der Waals surface area contributed by atoms with Crippen molar-refractivity contribution in [3.63, 3.8) is 0 Å². The Bertz CT molecular complexity index is 1270. The van der Waals surface area contributed by atoms with E-state index < -0.39 is 12.1 Å². The number of amides is 1. The average molecular weight is 422 g/mol. The molecule has 1 aromatic carbocycles. The SMILES string of the molecule is CC(NC(=O)O)c1c(N)nc(-c2nn(Cc3ccccc3F)c3ncccc23)nc1N. The Morgan fingerprint density at radius 2 is 1.90 bits per heavy atom. The lowest BCUT2D eigenvalue weighted by molar-refractivity contribution is 0.191. The molecular weight excluding hydrogens is 403 g/mol. The van der Waals surface area contributed by atoms with E-state index in [1.165, 1.54) is 6.07 Å². The van der Waals surface area contributed by atoms with Crippen molar-refractivity contribution in [1.82, 2.24) is 30.0 Å². The van der Waals surface area contributed by atoms with E-state index in [0.29, 0.717) is 22.3 Å². The highest BCUT2D eigenvalue weighted by atomic mass is 19.1. The summed E-state index contributed by atoms with van der Waals surface area (Å²) in [5.41, 5.74) is 13.8. The molecule has 0 aliphatic heterocycles. The van der Waals surface area contributed by atoms with E-state index in [1.54, 1.807) is 48.1 Å². The number of pyridine rings is 1. The van der Waals surface area contributed by atoms with Crippen LogP contribution in [-0.2, 0) is 6.54 Å². The van der Waals surface area contributed by atoms with Crippen LogP contribution in [0.25, 0.3) is 22.6 Å². The minimum Gasteiger partial charge on any atom is -0.465 e. The highest BCUT2D eigenvalue weighted by Crippen LogP contribution is 2.30. The lowest BCUT2D eigenvalue weighted by atomic mass is 10.1. The van der Waals surface area contributed by atoms with Gasteiger partial charge < -0.3 is 21.9 Å².